The summed E-state index contributed by atoms with van der Waals surface area (Å²) in [6, 6.07) is 18.2. The van der Waals surface area contributed by atoms with E-state index < -0.39 is 5.97 Å². The standard InChI is InChI=1S/C21H16N2O3/c1-14-6-5-11-23-19(24)12-16(22-20(14)23)13-26-21(25)18-10-4-8-15-7-2-3-9-17(15)18/h2-12H,13H2,1H3. The Hall–Kier alpha value is -3.47. The predicted octanol–water partition coefficient (Wildman–Crippen LogP) is 3.51. The Morgan fingerprint density at radius 2 is 1.88 bits per heavy atom. The molecular formula is C21H16N2O3. The number of fused-ring (bicyclic) bond motifs is 2. The molecule has 0 N–H and O–H groups in total. The lowest BCUT2D eigenvalue weighted by molar-refractivity contribution is 0.0470. The molecule has 26 heavy (non-hydrogen) atoms. The average molecular weight is 344 g/mol. The fourth-order valence-corrected chi connectivity index (χ4v) is 3.00. The number of hydrogen-bond donors (Lipinski definition) is 0. The molecule has 0 fully saturated rings. The normalized spacial score (nSPS) is 11.0. The Kier molecular flexibility index (Phi) is 3.97. The van der Waals surface area contributed by atoms with E-state index in [0.717, 1.165) is 16.3 Å². The van der Waals surface area contributed by atoms with Gasteiger partial charge in [-0.1, -0.05) is 42.5 Å². The molecule has 0 spiro atoms. The molecule has 2 aromatic carbocycles. The lowest BCUT2D eigenvalue weighted by Gasteiger charge is -2.09. The van der Waals surface area contributed by atoms with Gasteiger partial charge in [-0.25, -0.2) is 9.78 Å². The molecule has 0 bridgehead atoms. The van der Waals surface area contributed by atoms with Gasteiger partial charge in [0.15, 0.2) is 0 Å². The topological polar surface area (TPSA) is 60.7 Å². The second-order valence-electron chi connectivity index (χ2n) is 6.07. The van der Waals surface area contributed by atoms with Crippen LogP contribution in [-0.4, -0.2) is 15.4 Å². The lowest BCUT2D eigenvalue weighted by atomic mass is 10.1. The average Bonchev–Trinajstić information content (AvgIpc) is 2.66. The minimum Gasteiger partial charge on any atom is -0.456 e. The third-order valence-corrected chi connectivity index (χ3v) is 4.30. The number of aromatic nitrogens is 2. The maximum absolute atomic E-state index is 12.5. The Bertz CT molecular complexity index is 1190. The maximum Gasteiger partial charge on any atom is 0.339 e. The van der Waals surface area contributed by atoms with Crippen LogP contribution >= 0.6 is 0 Å². The molecule has 4 rings (SSSR count). The first-order valence-electron chi connectivity index (χ1n) is 8.26. The number of rotatable bonds is 3. The highest BCUT2D eigenvalue weighted by atomic mass is 16.5. The third kappa shape index (κ3) is 2.84. The third-order valence-electron chi connectivity index (χ3n) is 4.30. The van der Waals surface area contributed by atoms with Crippen LogP contribution in [0.25, 0.3) is 16.4 Å². The molecule has 5 heteroatoms. The molecule has 0 aliphatic heterocycles. The van der Waals surface area contributed by atoms with Gasteiger partial charge in [-0.3, -0.25) is 9.20 Å². The van der Waals surface area contributed by atoms with E-state index in [1.807, 2.05) is 49.4 Å². The second-order valence-corrected chi connectivity index (χ2v) is 6.07. The summed E-state index contributed by atoms with van der Waals surface area (Å²) in [6.45, 7) is 1.83. The SMILES string of the molecule is Cc1cccn2c(=O)cc(COC(=O)c3cccc4ccccc34)nc12. The van der Waals surface area contributed by atoms with Crippen molar-refractivity contribution < 1.29 is 9.53 Å². The van der Waals surface area contributed by atoms with Crippen LogP contribution in [0.1, 0.15) is 21.6 Å². The Morgan fingerprint density at radius 3 is 2.77 bits per heavy atom. The molecule has 0 aliphatic rings. The Morgan fingerprint density at radius 1 is 1.08 bits per heavy atom. The number of benzene rings is 2. The largest absolute Gasteiger partial charge is 0.456 e. The van der Waals surface area contributed by atoms with Crippen LogP contribution in [0.5, 0.6) is 0 Å². The monoisotopic (exact) mass is 344 g/mol. The van der Waals surface area contributed by atoms with Crippen molar-refractivity contribution in [3.8, 4) is 0 Å². The minimum atomic E-state index is -0.436. The van der Waals surface area contributed by atoms with Crippen LogP contribution in [0.15, 0.2) is 71.7 Å². The van der Waals surface area contributed by atoms with E-state index in [1.165, 1.54) is 10.5 Å². The van der Waals surface area contributed by atoms with Crippen molar-refractivity contribution in [3.63, 3.8) is 0 Å². The molecule has 0 atom stereocenters. The molecule has 0 radical (unpaired) electrons. The summed E-state index contributed by atoms with van der Waals surface area (Å²) in [5.74, 6) is -0.436. The van der Waals surface area contributed by atoms with E-state index in [0.29, 0.717) is 16.9 Å². The van der Waals surface area contributed by atoms with Gasteiger partial charge in [0.25, 0.3) is 5.56 Å². The number of carbonyl (C=O) groups excluding carboxylic acids is 1. The van der Waals surface area contributed by atoms with Crippen molar-refractivity contribution in [2.75, 3.05) is 0 Å². The van der Waals surface area contributed by atoms with Crippen LogP contribution in [-0.2, 0) is 11.3 Å². The number of ether oxygens (including phenoxy) is 1. The highest BCUT2D eigenvalue weighted by Crippen LogP contribution is 2.19. The van der Waals surface area contributed by atoms with Crippen LogP contribution in [0.4, 0.5) is 0 Å². The van der Waals surface area contributed by atoms with Crippen molar-refractivity contribution in [2.24, 2.45) is 0 Å². The summed E-state index contributed by atoms with van der Waals surface area (Å²) >= 11 is 0. The van der Waals surface area contributed by atoms with E-state index >= 15 is 0 Å². The zero-order valence-corrected chi connectivity index (χ0v) is 14.2. The van der Waals surface area contributed by atoms with E-state index in [1.54, 1.807) is 18.3 Å². The van der Waals surface area contributed by atoms with Gasteiger partial charge in [-0.2, -0.15) is 0 Å². The maximum atomic E-state index is 12.5. The molecule has 2 heterocycles. The number of aryl methyl sites for hydroxylation is 1. The van der Waals surface area contributed by atoms with E-state index in [4.69, 9.17) is 4.74 Å². The number of esters is 1. The van der Waals surface area contributed by atoms with Gasteiger partial charge in [-0.15, -0.1) is 0 Å². The molecule has 0 aliphatic carbocycles. The predicted molar refractivity (Wildman–Crippen MR) is 99.3 cm³/mol. The molecule has 0 amide bonds. The molecule has 0 saturated heterocycles. The second kappa shape index (κ2) is 6.44. The van der Waals surface area contributed by atoms with E-state index in [2.05, 4.69) is 4.98 Å². The van der Waals surface area contributed by atoms with Gasteiger partial charge in [-0.05, 0) is 35.4 Å². The molecule has 128 valence electrons. The number of nitrogens with zero attached hydrogens (tertiary/aromatic N) is 2. The summed E-state index contributed by atoms with van der Waals surface area (Å²) in [5, 5.41) is 1.81. The van der Waals surface area contributed by atoms with Gasteiger partial charge < -0.3 is 4.74 Å². The highest BCUT2D eigenvalue weighted by Gasteiger charge is 2.12. The molecule has 0 unspecified atom stereocenters. The first-order chi connectivity index (χ1) is 12.6. The Labute approximate surface area is 149 Å². The van der Waals surface area contributed by atoms with Gasteiger partial charge >= 0.3 is 5.97 Å². The van der Waals surface area contributed by atoms with Crippen molar-refractivity contribution in [1.82, 2.24) is 9.38 Å². The van der Waals surface area contributed by atoms with Crippen LogP contribution < -0.4 is 5.56 Å². The Balaban J connectivity index is 1.63. The highest BCUT2D eigenvalue weighted by molar-refractivity contribution is 6.04. The summed E-state index contributed by atoms with van der Waals surface area (Å²) in [7, 11) is 0. The minimum absolute atomic E-state index is 0.0534. The van der Waals surface area contributed by atoms with Gasteiger partial charge in [0, 0.05) is 12.3 Å². The van der Waals surface area contributed by atoms with Crippen LogP contribution in [0.3, 0.4) is 0 Å². The van der Waals surface area contributed by atoms with Gasteiger partial charge in [0.2, 0.25) is 0 Å². The summed E-state index contributed by atoms with van der Waals surface area (Å²) in [6.07, 6.45) is 1.67. The van der Waals surface area contributed by atoms with Gasteiger partial charge in [0.05, 0.1) is 11.3 Å². The zero-order valence-electron chi connectivity index (χ0n) is 14.2. The smallest absolute Gasteiger partial charge is 0.339 e. The molecule has 0 saturated carbocycles. The van der Waals surface area contributed by atoms with Crippen molar-refractivity contribution >= 4 is 22.4 Å². The fourth-order valence-electron chi connectivity index (χ4n) is 3.00. The fraction of sp³-hybridized carbons (Fsp3) is 0.0952. The van der Waals surface area contributed by atoms with Crippen molar-refractivity contribution in [3.05, 3.63) is 94.0 Å². The summed E-state index contributed by atoms with van der Waals surface area (Å²) in [4.78, 5) is 29.2. The molecule has 2 aromatic heterocycles. The molecule has 5 nitrogen and oxygen atoms in total. The number of hydrogen-bond acceptors (Lipinski definition) is 4. The summed E-state index contributed by atoms with van der Waals surface area (Å²) in [5.41, 5.74) is 2.17. The lowest BCUT2D eigenvalue weighted by Crippen LogP contribution is -2.17. The number of pyridine rings is 1. The summed E-state index contributed by atoms with van der Waals surface area (Å²) < 4.78 is 6.89. The van der Waals surface area contributed by atoms with Crippen LogP contribution in [0.2, 0.25) is 0 Å². The molecule has 4 aromatic rings. The van der Waals surface area contributed by atoms with Crippen LogP contribution in [0, 0.1) is 6.92 Å². The number of carbonyl (C=O) groups is 1. The quantitative estimate of drug-likeness (QED) is 0.534. The van der Waals surface area contributed by atoms with Crippen molar-refractivity contribution in [2.45, 2.75) is 13.5 Å². The van der Waals surface area contributed by atoms with Gasteiger partial charge in [0.1, 0.15) is 12.3 Å². The van der Waals surface area contributed by atoms with E-state index in [-0.39, 0.29) is 12.2 Å². The zero-order chi connectivity index (χ0) is 18.1. The first-order valence-corrected chi connectivity index (χ1v) is 8.26. The van der Waals surface area contributed by atoms with E-state index in [9.17, 15) is 9.59 Å². The first kappa shape index (κ1) is 16.0. The molecular weight excluding hydrogens is 328 g/mol. The van der Waals surface area contributed by atoms with Crippen molar-refractivity contribution in [1.29, 1.82) is 0 Å².